The lowest BCUT2D eigenvalue weighted by atomic mass is 10.1. The van der Waals surface area contributed by atoms with Crippen LogP contribution in [0, 0.1) is 13.8 Å². The molecular formula is C88H88N12O12S4. The van der Waals surface area contributed by atoms with Gasteiger partial charge in [0, 0.05) is 90.0 Å². The first-order valence-electron chi connectivity index (χ1n) is 37.5. The molecule has 0 radical (unpaired) electrons. The molecule has 0 unspecified atom stereocenters. The fourth-order valence-electron chi connectivity index (χ4n) is 11.5. The number of nitrogens with one attached hydrogen (secondary N) is 4. The van der Waals surface area contributed by atoms with Crippen molar-refractivity contribution in [2.24, 2.45) is 0 Å². The summed E-state index contributed by atoms with van der Waals surface area (Å²) in [5.74, 6) is -0.425. The summed E-state index contributed by atoms with van der Waals surface area (Å²) >= 11 is 6.36. The lowest BCUT2D eigenvalue weighted by Gasteiger charge is -2.15. The molecule has 0 aliphatic heterocycles. The highest BCUT2D eigenvalue weighted by Crippen LogP contribution is 2.34. The number of nitrogens with zero attached hydrogens (tertiary/aromatic N) is 8. The zero-order valence-electron chi connectivity index (χ0n) is 65.9. The third-order valence-corrected chi connectivity index (χ3v) is 20.6. The number of aromatic nitrogens is 8. The fraction of sp³-hybridized carbons (Fsp3) is 0.227. The Labute approximate surface area is 689 Å². The van der Waals surface area contributed by atoms with Gasteiger partial charge in [0.05, 0.1) is 45.9 Å². The molecule has 0 aliphatic carbocycles. The van der Waals surface area contributed by atoms with Gasteiger partial charge in [0.2, 0.25) is 0 Å². The minimum absolute atomic E-state index is 0.163. The molecule has 0 amide bonds. The van der Waals surface area contributed by atoms with Crippen molar-refractivity contribution < 1.29 is 57.3 Å². The molecule has 0 aliphatic rings. The van der Waals surface area contributed by atoms with Gasteiger partial charge in [-0.3, -0.25) is 19.2 Å². The van der Waals surface area contributed by atoms with E-state index in [1.165, 1.54) is 0 Å². The van der Waals surface area contributed by atoms with E-state index in [1.807, 2.05) is 96.1 Å². The molecule has 4 N–H and O–H groups in total. The van der Waals surface area contributed by atoms with Crippen molar-refractivity contribution >= 4 is 138 Å². The summed E-state index contributed by atoms with van der Waals surface area (Å²) in [5, 5.41) is 21.3. The zero-order chi connectivity index (χ0) is 83.2. The van der Waals surface area contributed by atoms with Gasteiger partial charge in [-0.2, -0.15) is 0 Å². The maximum absolute atomic E-state index is 12.1. The van der Waals surface area contributed by atoms with Crippen LogP contribution < -0.4 is 21.3 Å². The van der Waals surface area contributed by atoms with E-state index in [0.29, 0.717) is 53.3 Å². The smallest absolute Gasteiger partial charge is 0.379 e. The molecule has 8 aromatic heterocycles. The first-order valence-corrected chi connectivity index (χ1v) is 41.0. The van der Waals surface area contributed by atoms with Gasteiger partial charge in [-0.05, 0) is 223 Å². The molecule has 0 fully saturated rings. The lowest BCUT2D eigenvalue weighted by molar-refractivity contribution is -0.138. The Morgan fingerprint density at radius 2 is 0.569 bits per heavy atom. The minimum atomic E-state index is -0.853. The molecule has 0 saturated heterocycles. The Hall–Kier alpha value is -12.8. The average Bonchev–Trinajstić information content (AvgIpc) is 1.17. The number of hydrogen-bond donors (Lipinski definition) is 4. The number of carbonyl (C=O) groups excluding carboxylic acids is 8. The van der Waals surface area contributed by atoms with Crippen molar-refractivity contribution in [3.63, 3.8) is 0 Å². The molecule has 8 heterocycles. The molecule has 0 saturated carbocycles. The topological polar surface area (TPSA) is 325 Å². The van der Waals surface area contributed by atoms with Gasteiger partial charge in [0.15, 0.2) is 23.3 Å². The number of hydrogen-bond acceptors (Lipinski definition) is 28. The molecule has 12 rings (SSSR count). The van der Waals surface area contributed by atoms with Crippen LogP contribution in [0.15, 0.2) is 192 Å². The Balaban J connectivity index is 0.000000177. The van der Waals surface area contributed by atoms with Gasteiger partial charge in [0.25, 0.3) is 23.1 Å². The number of benzene rings is 4. The van der Waals surface area contributed by atoms with Crippen molar-refractivity contribution in [1.82, 2.24) is 39.9 Å². The molecule has 0 bridgehead atoms. The number of thiophene rings is 4. The molecule has 12 aromatic rings. The van der Waals surface area contributed by atoms with Crippen LogP contribution in [-0.2, 0) is 76.7 Å². The second kappa shape index (κ2) is 43.5. The second-order valence-corrected chi connectivity index (χ2v) is 28.7. The van der Waals surface area contributed by atoms with E-state index in [9.17, 15) is 38.4 Å². The SMILES string of the molecule is C=CCc1c(C)nc(-c2cccs2)nc1Nc1ccc(C(=O)C(=O)OCC)cc1.C=CCc1c(CC)nc(-c2cccs2)nc1Nc1ccc(C(=O)C(=O)OCC)cc1.CCOC(=O)C(=O)c1ccc(Nc2nc(-c3cccs3)nc(C)c2CC)cc1.CCOC(=O)C(=O)c1ccc(Nc2nc(-c3cccs3)nc(CC)c2CC)cc1. The maximum Gasteiger partial charge on any atom is 0.379 e. The van der Waals surface area contributed by atoms with Crippen molar-refractivity contribution in [2.45, 2.75) is 108 Å². The van der Waals surface area contributed by atoms with Gasteiger partial charge in [-0.25, -0.2) is 59.0 Å². The lowest BCUT2D eigenvalue weighted by Crippen LogP contribution is -2.17. The second-order valence-electron chi connectivity index (χ2n) is 24.9. The molecule has 0 atom stereocenters. The summed E-state index contributed by atoms with van der Waals surface area (Å²) in [4.78, 5) is 136. The monoisotopic (exact) mass is 1630 g/mol. The zero-order valence-corrected chi connectivity index (χ0v) is 69.2. The van der Waals surface area contributed by atoms with E-state index in [1.54, 1.807) is 170 Å². The van der Waals surface area contributed by atoms with Crippen LogP contribution in [0.3, 0.4) is 0 Å². The number of ether oxygens (including phenoxy) is 4. The van der Waals surface area contributed by atoms with Crippen molar-refractivity contribution in [1.29, 1.82) is 0 Å². The number of aryl methyl sites for hydroxylation is 4. The van der Waals surface area contributed by atoms with Crippen LogP contribution >= 0.6 is 45.3 Å². The van der Waals surface area contributed by atoms with E-state index in [0.717, 1.165) is 125 Å². The minimum Gasteiger partial charge on any atom is -0.460 e. The van der Waals surface area contributed by atoms with Gasteiger partial charge >= 0.3 is 23.9 Å². The number of esters is 4. The van der Waals surface area contributed by atoms with Crippen molar-refractivity contribution in [2.75, 3.05) is 47.7 Å². The predicted molar refractivity (Wildman–Crippen MR) is 459 cm³/mol. The third-order valence-electron chi connectivity index (χ3n) is 17.1. The molecule has 0 spiro atoms. The van der Waals surface area contributed by atoms with Gasteiger partial charge < -0.3 is 40.2 Å². The van der Waals surface area contributed by atoms with Crippen LogP contribution in [0.5, 0.6) is 0 Å². The standard InChI is InChI=1S/C23H23N3O3S.C22H21N3O3S.C22H23N3O3S.C21H21N3O3S/c1-4-8-17-18(5-2)25-22(19-9-7-14-30-19)26-21(17)24-16-12-10-15(11-13-16)20(27)23(28)29-6-3;1-4-7-17-14(3)23-21(18-8-6-13-29-18)25-20(17)24-16-11-9-15(10-12-16)19(26)22(27)28-5-2;1-4-16-17(5-2)24-21(18-8-7-13-29-18)25-20(16)23-15-11-9-14(10-12-15)19(26)22(27)28-6-3;1-4-16-13(3)22-20(17-7-6-12-28-17)24-19(16)23-15-10-8-14(9-11-15)18(25)21(26)27-5-2/h4,7,9-14H,1,5-6,8H2,2-3H3,(H,24,25,26);4,6,8-13H,1,5,7H2,2-3H3,(H,23,24,25);7-13H,4-6H2,1-3H3,(H,23,24,25);6-12H,4-5H2,1-3H3,(H,22,23,24). The highest BCUT2D eigenvalue weighted by Gasteiger charge is 2.24. The highest BCUT2D eigenvalue weighted by molar-refractivity contribution is 7.14. The first-order chi connectivity index (χ1) is 56.2. The summed E-state index contributed by atoms with van der Waals surface area (Å²) < 4.78 is 19.1. The van der Waals surface area contributed by atoms with Crippen molar-refractivity contribution in [3.8, 4) is 42.8 Å². The Kier molecular flexibility index (Phi) is 32.7. The summed E-state index contributed by atoms with van der Waals surface area (Å²) in [6.07, 6.45) is 8.07. The number of ketones is 4. The van der Waals surface area contributed by atoms with Crippen molar-refractivity contribution in [3.05, 3.63) is 260 Å². The Bertz CT molecular complexity index is 5390. The number of allylic oxidation sites excluding steroid dienone is 2. The molecule has 4 aromatic carbocycles. The van der Waals surface area contributed by atoms with Crippen LogP contribution in [0.1, 0.15) is 142 Å². The molecule has 596 valence electrons. The normalized spacial score (nSPS) is 10.5. The Morgan fingerprint density at radius 1 is 0.319 bits per heavy atom. The van der Waals surface area contributed by atoms with E-state index >= 15 is 0 Å². The van der Waals surface area contributed by atoms with Gasteiger partial charge in [0.1, 0.15) is 23.3 Å². The van der Waals surface area contributed by atoms with E-state index in [4.69, 9.17) is 48.9 Å². The number of rotatable bonds is 32. The quantitative estimate of drug-likeness (QED) is 0.0100. The Morgan fingerprint density at radius 3 is 0.828 bits per heavy atom. The first kappa shape index (κ1) is 87.2. The molecule has 24 nitrogen and oxygen atoms in total. The van der Waals surface area contributed by atoms with Gasteiger partial charge in [-0.15, -0.1) is 58.5 Å². The maximum atomic E-state index is 12.1. The van der Waals surface area contributed by atoms with E-state index < -0.39 is 47.0 Å². The predicted octanol–water partition coefficient (Wildman–Crippen LogP) is 19.1. The summed E-state index contributed by atoms with van der Waals surface area (Å²) in [7, 11) is 0. The summed E-state index contributed by atoms with van der Waals surface area (Å²) in [6, 6.07) is 42.6. The van der Waals surface area contributed by atoms with E-state index in [-0.39, 0.29) is 43.1 Å². The highest BCUT2D eigenvalue weighted by atomic mass is 32.1. The molecular weight excluding hydrogens is 1550 g/mol. The third kappa shape index (κ3) is 23.2. The number of anilines is 8. The number of carbonyl (C=O) groups is 8. The van der Waals surface area contributed by atoms with Gasteiger partial charge in [-0.1, -0.05) is 64.1 Å². The average molecular weight is 1630 g/mol. The van der Waals surface area contributed by atoms with Crippen LogP contribution in [0.25, 0.3) is 42.8 Å². The summed E-state index contributed by atoms with van der Waals surface area (Å²) in [6.45, 7) is 27.2. The molecule has 116 heavy (non-hydrogen) atoms. The largest absolute Gasteiger partial charge is 0.460 e. The number of Topliss-reactive ketones (excluding diaryl/α,β-unsaturated/α-hetero) is 4. The van der Waals surface area contributed by atoms with E-state index in [2.05, 4.69) is 72.1 Å². The summed E-state index contributed by atoms with van der Waals surface area (Å²) in [5.41, 5.74) is 12.0. The fourth-order valence-corrected chi connectivity index (χ4v) is 14.1. The molecule has 28 heteroatoms. The van der Waals surface area contributed by atoms with Crippen LogP contribution in [0.2, 0.25) is 0 Å². The van der Waals surface area contributed by atoms with Crippen LogP contribution in [0.4, 0.5) is 46.0 Å². The van der Waals surface area contributed by atoms with Crippen LogP contribution in [-0.4, -0.2) is 113 Å².